The lowest BCUT2D eigenvalue weighted by Crippen LogP contribution is -1.75. The van der Waals surface area contributed by atoms with Gasteiger partial charge in [0.15, 0.2) is 4.34 Å². The van der Waals surface area contributed by atoms with Gasteiger partial charge in [0.05, 0.1) is 0 Å². The number of nitrogens with zero attached hydrogens (tertiary/aromatic N) is 2. The van der Waals surface area contributed by atoms with Gasteiger partial charge in [-0.15, -0.1) is 22.8 Å². The van der Waals surface area contributed by atoms with Crippen molar-refractivity contribution in [2.45, 2.75) is 4.34 Å². The van der Waals surface area contributed by atoms with Crippen LogP contribution in [0.15, 0.2) is 33.1 Å². The summed E-state index contributed by atoms with van der Waals surface area (Å²) in [5, 5.41) is 8.73. The Hall–Kier alpha value is -0.390. The van der Waals surface area contributed by atoms with Gasteiger partial charge in [0.1, 0.15) is 5.01 Å². The molecule has 1 aromatic heterocycles. The van der Waals surface area contributed by atoms with Crippen LogP contribution in [0.2, 0.25) is 0 Å². The van der Waals surface area contributed by atoms with Gasteiger partial charge in [0, 0.05) is 10.0 Å². The predicted molar refractivity (Wildman–Crippen MR) is 60.3 cm³/mol. The third-order valence-electron chi connectivity index (χ3n) is 1.49. The minimum atomic E-state index is 0.690. The molecule has 5 heteroatoms. The van der Waals surface area contributed by atoms with Gasteiger partial charge in [-0.25, -0.2) is 0 Å². The zero-order valence-electron chi connectivity index (χ0n) is 6.44. The molecule has 0 amide bonds. The Balaban J connectivity index is 2.46. The van der Waals surface area contributed by atoms with Gasteiger partial charge in [-0.1, -0.05) is 39.4 Å². The zero-order valence-corrected chi connectivity index (χ0v) is 9.73. The van der Waals surface area contributed by atoms with Crippen molar-refractivity contribution in [1.29, 1.82) is 0 Å². The molecular formula is C8H5BrN2S2. The van der Waals surface area contributed by atoms with Crippen LogP contribution in [0.3, 0.4) is 0 Å². The Labute approximate surface area is 93.6 Å². The molecule has 1 heterocycles. The van der Waals surface area contributed by atoms with Crippen LogP contribution in [0.1, 0.15) is 0 Å². The summed E-state index contributed by atoms with van der Waals surface area (Å²) in [5.41, 5.74) is 1.06. The summed E-state index contributed by atoms with van der Waals surface area (Å²) in [7, 11) is 0. The van der Waals surface area contributed by atoms with E-state index in [1.54, 1.807) is 0 Å². The lowest BCUT2D eigenvalue weighted by Gasteiger charge is -1.94. The zero-order chi connectivity index (χ0) is 9.26. The summed E-state index contributed by atoms with van der Waals surface area (Å²) in [4.78, 5) is 0. The number of hydrogen-bond acceptors (Lipinski definition) is 4. The number of aromatic nitrogens is 2. The molecule has 1 aromatic carbocycles. The summed E-state index contributed by atoms with van der Waals surface area (Å²) in [6.07, 6.45) is 0. The number of thiol groups is 1. The van der Waals surface area contributed by atoms with Gasteiger partial charge >= 0.3 is 0 Å². The summed E-state index contributed by atoms with van der Waals surface area (Å²) in [6, 6.07) is 7.96. The Bertz CT molecular complexity index is 428. The first kappa shape index (κ1) is 9.18. The second-order valence-electron chi connectivity index (χ2n) is 2.40. The summed E-state index contributed by atoms with van der Waals surface area (Å²) >= 11 is 8.99. The van der Waals surface area contributed by atoms with Crippen LogP contribution in [0, 0.1) is 0 Å². The van der Waals surface area contributed by atoms with Crippen molar-refractivity contribution in [2.24, 2.45) is 0 Å². The van der Waals surface area contributed by atoms with Gasteiger partial charge in [0.25, 0.3) is 0 Å². The monoisotopic (exact) mass is 272 g/mol. The van der Waals surface area contributed by atoms with E-state index in [9.17, 15) is 0 Å². The van der Waals surface area contributed by atoms with Crippen molar-refractivity contribution in [3.8, 4) is 10.6 Å². The van der Waals surface area contributed by atoms with Crippen LogP contribution >= 0.6 is 39.9 Å². The summed E-state index contributed by atoms with van der Waals surface area (Å²) in [5.74, 6) is 0. The Morgan fingerprint density at radius 1 is 1.31 bits per heavy atom. The van der Waals surface area contributed by atoms with Crippen molar-refractivity contribution in [1.82, 2.24) is 10.2 Å². The van der Waals surface area contributed by atoms with Crippen molar-refractivity contribution < 1.29 is 0 Å². The molecule has 0 bridgehead atoms. The van der Waals surface area contributed by atoms with E-state index in [4.69, 9.17) is 0 Å². The lowest BCUT2D eigenvalue weighted by atomic mass is 10.2. The van der Waals surface area contributed by atoms with Gasteiger partial charge in [-0.05, 0) is 12.1 Å². The van der Waals surface area contributed by atoms with Gasteiger partial charge in [-0.2, -0.15) is 0 Å². The first-order chi connectivity index (χ1) is 6.25. The molecule has 0 aliphatic rings. The lowest BCUT2D eigenvalue weighted by molar-refractivity contribution is 1.02. The number of hydrogen-bond donors (Lipinski definition) is 1. The largest absolute Gasteiger partial charge is 0.171 e. The normalized spacial score (nSPS) is 10.3. The van der Waals surface area contributed by atoms with Crippen molar-refractivity contribution in [2.75, 3.05) is 0 Å². The van der Waals surface area contributed by atoms with E-state index in [0.717, 1.165) is 15.0 Å². The molecule has 0 aliphatic carbocycles. The molecule has 2 aromatic rings. The highest BCUT2D eigenvalue weighted by atomic mass is 79.9. The van der Waals surface area contributed by atoms with E-state index >= 15 is 0 Å². The molecule has 66 valence electrons. The highest BCUT2D eigenvalue weighted by Gasteiger charge is 2.03. The smallest absolute Gasteiger partial charge is 0.137 e. The fraction of sp³-hybridized carbons (Fsp3) is 0. The number of benzene rings is 1. The van der Waals surface area contributed by atoms with E-state index in [0.29, 0.717) is 4.34 Å². The van der Waals surface area contributed by atoms with E-state index in [-0.39, 0.29) is 0 Å². The van der Waals surface area contributed by atoms with Crippen LogP contribution in [0.5, 0.6) is 0 Å². The Morgan fingerprint density at radius 2 is 2.15 bits per heavy atom. The van der Waals surface area contributed by atoms with E-state index in [2.05, 4.69) is 38.8 Å². The highest BCUT2D eigenvalue weighted by molar-refractivity contribution is 9.10. The van der Waals surface area contributed by atoms with Crippen molar-refractivity contribution in [3.63, 3.8) is 0 Å². The van der Waals surface area contributed by atoms with Gasteiger partial charge < -0.3 is 0 Å². The maximum absolute atomic E-state index is 4.11. The molecule has 2 nitrogen and oxygen atoms in total. The van der Waals surface area contributed by atoms with Gasteiger partial charge in [0.2, 0.25) is 0 Å². The maximum atomic E-state index is 4.11. The molecule has 0 fully saturated rings. The average molecular weight is 273 g/mol. The van der Waals surface area contributed by atoms with E-state index in [1.807, 2.05) is 24.3 Å². The second-order valence-corrected chi connectivity index (χ2v) is 5.02. The standard InChI is InChI=1S/C8H5BrN2S2/c9-6-3-1-2-5(4-6)7-10-11-8(12)13-7/h1-4H,(H,11,12). The first-order valence-electron chi connectivity index (χ1n) is 3.54. The third-order valence-corrected chi connectivity index (χ3v) is 3.12. The quantitative estimate of drug-likeness (QED) is 0.807. The fourth-order valence-corrected chi connectivity index (χ4v) is 2.24. The third kappa shape index (κ3) is 2.10. The SMILES string of the molecule is Sc1nnc(-c2cccc(Br)c2)s1. The summed E-state index contributed by atoms with van der Waals surface area (Å²) < 4.78 is 1.73. The molecule has 0 N–H and O–H groups in total. The predicted octanol–water partition coefficient (Wildman–Crippen LogP) is 3.26. The summed E-state index contributed by atoms with van der Waals surface area (Å²) in [6.45, 7) is 0. The molecular weight excluding hydrogens is 268 g/mol. The Kier molecular flexibility index (Phi) is 2.66. The topological polar surface area (TPSA) is 25.8 Å². The molecule has 2 rings (SSSR count). The van der Waals surface area contributed by atoms with Crippen molar-refractivity contribution in [3.05, 3.63) is 28.7 Å². The second kappa shape index (κ2) is 3.77. The molecule has 0 aliphatic heterocycles. The maximum Gasteiger partial charge on any atom is 0.171 e. The van der Waals surface area contributed by atoms with Crippen molar-refractivity contribution >= 4 is 39.9 Å². The minimum Gasteiger partial charge on any atom is -0.137 e. The average Bonchev–Trinajstić information content (AvgIpc) is 2.52. The molecule has 0 atom stereocenters. The number of halogens is 1. The molecule has 0 unspecified atom stereocenters. The fourth-order valence-electron chi connectivity index (χ4n) is 0.954. The van der Waals surface area contributed by atoms with Gasteiger partial charge in [-0.3, -0.25) is 0 Å². The van der Waals surface area contributed by atoms with Crippen LogP contribution in [-0.2, 0) is 0 Å². The van der Waals surface area contributed by atoms with E-state index < -0.39 is 0 Å². The van der Waals surface area contributed by atoms with Crippen LogP contribution < -0.4 is 0 Å². The molecule has 0 saturated heterocycles. The number of rotatable bonds is 1. The first-order valence-corrected chi connectivity index (χ1v) is 5.60. The molecule has 0 saturated carbocycles. The highest BCUT2D eigenvalue weighted by Crippen LogP contribution is 2.26. The Morgan fingerprint density at radius 3 is 2.77 bits per heavy atom. The minimum absolute atomic E-state index is 0.690. The van der Waals surface area contributed by atoms with E-state index in [1.165, 1.54) is 11.3 Å². The molecule has 13 heavy (non-hydrogen) atoms. The van der Waals surface area contributed by atoms with Crippen LogP contribution in [0.4, 0.5) is 0 Å². The van der Waals surface area contributed by atoms with Crippen LogP contribution in [0.25, 0.3) is 10.6 Å². The molecule has 0 spiro atoms. The molecule has 0 radical (unpaired) electrons. The van der Waals surface area contributed by atoms with Crippen LogP contribution in [-0.4, -0.2) is 10.2 Å².